The lowest BCUT2D eigenvalue weighted by molar-refractivity contribution is -0.855. The SMILES string of the molecule is CC(C)(C)OC(=O)C1CC2(CC[NH+]([O-])CC2)c2ccccc21. The van der Waals surface area contributed by atoms with E-state index in [-0.39, 0.29) is 17.3 Å². The molecule has 1 fully saturated rings. The molecule has 1 atom stereocenters. The van der Waals surface area contributed by atoms with Crippen LogP contribution in [0.2, 0.25) is 0 Å². The van der Waals surface area contributed by atoms with Crippen LogP contribution < -0.4 is 5.06 Å². The smallest absolute Gasteiger partial charge is 0.313 e. The van der Waals surface area contributed by atoms with Gasteiger partial charge in [-0.15, -0.1) is 0 Å². The van der Waals surface area contributed by atoms with Crippen molar-refractivity contribution < 1.29 is 14.6 Å². The van der Waals surface area contributed by atoms with Crippen LogP contribution in [0.25, 0.3) is 0 Å². The van der Waals surface area contributed by atoms with E-state index in [2.05, 4.69) is 12.1 Å². The van der Waals surface area contributed by atoms with Crippen LogP contribution in [0, 0.1) is 5.21 Å². The van der Waals surface area contributed by atoms with E-state index in [1.807, 2.05) is 32.9 Å². The fourth-order valence-corrected chi connectivity index (χ4v) is 3.96. The highest BCUT2D eigenvalue weighted by Crippen LogP contribution is 2.51. The summed E-state index contributed by atoms with van der Waals surface area (Å²) in [6, 6.07) is 8.21. The van der Waals surface area contributed by atoms with Crippen LogP contribution in [-0.2, 0) is 14.9 Å². The number of nitrogens with one attached hydrogen (secondary N) is 1. The topological polar surface area (TPSA) is 53.8 Å². The number of carbonyl (C=O) groups excluding carboxylic acids is 1. The van der Waals surface area contributed by atoms with Crippen LogP contribution in [0.4, 0.5) is 0 Å². The minimum Gasteiger partial charge on any atom is -0.634 e. The second-order valence-corrected chi connectivity index (χ2v) is 7.70. The maximum atomic E-state index is 12.6. The molecule has 1 unspecified atom stereocenters. The lowest BCUT2D eigenvalue weighted by atomic mass is 9.73. The summed E-state index contributed by atoms with van der Waals surface area (Å²) in [4.78, 5) is 12.6. The number of esters is 1. The molecule has 0 saturated carbocycles. The molecule has 1 aliphatic carbocycles. The highest BCUT2D eigenvalue weighted by atomic mass is 16.6. The number of ether oxygens (including phenoxy) is 1. The highest BCUT2D eigenvalue weighted by molar-refractivity contribution is 5.81. The summed E-state index contributed by atoms with van der Waals surface area (Å²) in [5, 5.41) is 12.0. The zero-order valence-corrected chi connectivity index (χ0v) is 13.6. The predicted octanol–water partition coefficient (Wildman–Crippen LogP) is 1.93. The van der Waals surface area contributed by atoms with Gasteiger partial charge in [-0.3, -0.25) is 4.79 Å². The van der Waals surface area contributed by atoms with E-state index < -0.39 is 5.60 Å². The summed E-state index contributed by atoms with van der Waals surface area (Å²) < 4.78 is 5.63. The molecule has 1 spiro atoms. The van der Waals surface area contributed by atoms with Gasteiger partial charge < -0.3 is 15.0 Å². The van der Waals surface area contributed by atoms with E-state index in [9.17, 15) is 10.0 Å². The number of hydroxylamine groups is 2. The standard InChI is InChI=1S/C18H25NO3/c1-17(2,3)22-16(20)14-12-18(8-10-19(21)11-9-18)15-7-5-4-6-13(14)15/h4-7,14,19H,8-12H2,1-3H3. The van der Waals surface area contributed by atoms with Crippen molar-refractivity contribution in [2.45, 2.75) is 57.0 Å². The van der Waals surface area contributed by atoms with Gasteiger partial charge in [-0.1, -0.05) is 24.3 Å². The Balaban J connectivity index is 1.91. The molecule has 1 aliphatic heterocycles. The fourth-order valence-electron chi connectivity index (χ4n) is 3.96. The fraction of sp³-hybridized carbons (Fsp3) is 0.611. The van der Waals surface area contributed by atoms with E-state index in [4.69, 9.17) is 4.74 Å². The highest BCUT2D eigenvalue weighted by Gasteiger charge is 2.48. The van der Waals surface area contributed by atoms with Crippen molar-refractivity contribution in [2.24, 2.45) is 0 Å². The first-order valence-corrected chi connectivity index (χ1v) is 8.15. The van der Waals surface area contributed by atoms with Crippen molar-refractivity contribution in [3.8, 4) is 0 Å². The number of fused-ring (bicyclic) bond motifs is 2. The van der Waals surface area contributed by atoms with Crippen LogP contribution in [0.5, 0.6) is 0 Å². The first-order chi connectivity index (χ1) is 10.3. The third-order valence-corrected chi connectivity index (χ3v) is 4.96. The lowest BCUT2D eigenvalue weighted by Gasteiger charge is -2.39. The van der Waals surface area contributed by atoms with E-state index in [0.29, 0.717) is 18.2 Å². The molecular weight excluding hydrogens is 278 g/mol. The number of piperidine rings is 1. The molecule has 2 aliphatic rings. The molecule has 1 aromatic carbocycles. The summed E-state index contributed by atoms with van der Waals surface area (Å²) in [7, 11) is 0. The number of rotatable bonds is 1. The molecule has 1 N–H and O–H groups in total. The molecule has 1 aromatic rings. The molecule has 22 heavy (non-hydrogen) atoms. The quantitative estimate of drug-likeness (QED) is 0.637. The predicted molar refractivity (Wildman–Crippen MR) is 84.6 cm³/mol. The summed E-state index contributed by atoms with van der Waals surface area (Å²) in [5.41, 5.74) is 1.89. The van der Waals surface area contributed by atoms with E-state index in [1.54, 1.807) is 0 Å². The Kier molecular flexibility index (Phi) is 3.77. The van der Waals surface area contributed by atoms with Gasteiger partial charge in [0.25, 0.3) is 0 Å². The Bertz CT molecular complexity index is 568. The first-order valence-electron chi connectivity index (χ1n) is 8.15. The van der Waals surface area contributed by atoms with Crippen molar-refractivity contribution in [1.82, 2.24) is 0 Å². The Morgan fingerprint density at radius 1 is 1.27 bits per heavy atom. The van der Waals surface area contributed by atoms with E-state index in [0.717, 1.165) is 24.8 Å². The Morgan fingerprint density at radius 2 is 1.91 bits per heavy atom. The molecule has 0 amide bonds. The van der Waals surface area contributed by atoms with Gasteiger partial charge in [-0.05, 0) is 38.3 Å². The van der Waals surface area contributed by atoms with Crippen molar-refractivity contribution in [3.63, 3.8) is 0 Å². The van der Waals surface area contributed by atoms with Crippen molar-refractivity contribution in [3.05, 3.63) is 40.6 Å². The van der Waals surface area contributed by atoms with Crippen LogP contribution >= 0.6 is 0 Å². The second kappa shape index (κ2) is 5.36. The number of benzene rings is 1. The minimum atomic E-state index is -0.468. The third kappa shape index (κ3) is 2.77. The first kappa shape index (κ1) is 15.5. The average Bonchev–Trinajstić information content (AvgIpc) is 2.76. The Morgan fingerprint density at radius 3 is 2.55 bits per heavy atom. The van der Waals surface area contributed by atoms with Gasteiger partial charge in [-0.2, -0.15) is 0 Å². The number of carbonyl (C=O) groups is 1. The van der Waals surface area contributed by atoms with Crippen LogP contribution in [0.3, 0.4) is 0 Å². The van der Waals surface area contributed by atoms with Gasteiger partial charge in [0, 0.05) is 18.3 Å². The molecule has 1 saturated heterocycles. The van der Waals surface area contributed by atoms with Crippen LogP contribution in [0.15, 0.2) is 24.3 Å². The van der Waals surface area contributed by atoms with Gasteiger partial charge in [0.1, 0.15) is 5.60 Å². The summed E-state index contributed by atoms with van der Waals surface area (Å²) in [5.74, 6) is -0.322. The van der Waals surface area contributed by atoms with Gasteiger partial charge in [0.05, 0.1) is 19.0 Å². The van der Waals surface area contributed by atoms with Gasteiger partial charge >= 0.3 is 5.97 Å². The Hall–Kier alpha value is -1.39. The number of quaternary nitrogens is 1. The van der Waals surface area contributed by atoms with Gasteiger partial charge in [-0.25, -0.2) is 0 Å². The maximum absolute atomic E-state index is 12.6. The molecule has 1 heterocycles. The van der Waals surface area contributed by atoms with Crippen LogP contribution in [0.1, 0.15) is 57.1 Å². The summed E-state index contributed by atoms with van der Waals surface area (Å²) in [6.45, 7) is 6.98. The van der Waals surface area contributed by atoms with Crippen molar-refractivity contribution in [1.29, 1.82) is 0 Å². The van der Waals surface area contributed by atoms with Gasteiger partial charge in [0.2, 0.25) is 0 Å². The molecule has 0 bridgehead atoms. The number of hydrogen-bond donors (Lipinski definition) is 1. The zero-order chi connectivity index (χ0) is 16.0. The zero-order valence-electron chi connectivity index (χ0n) is 13.6. The average molecular weight is 303 g/mol. The molecule has 3 rings (SSSR count). The number of hydrogen-bond acceptors (Lipinski definition) is 3. The Labute approximate surface area is 132 Å². The normalized spacial score (nSPS) is 31.1. The van der Waals surface area contributed by atoms with Crippen LogP contribution in [-0.4, -0.2) is 24.7 Å². The summed E-state index contributed by atoms with van der Waals surface area (Å²) >= 11 is 0. The van der Waals surface area contributed by atoms with E-state index >= 15 is 0 Å². The molecule has 4 heteroatoms. The monoisotopic (exact) mass is 303 g/mol. The van der Waals surface area contributed by atoms with Gasteiger partial charge in [0.15, 0.2) is 0 Å². The maximum Gasteiger partial charge on any atom is 0.313 e. The second-order valence-electron chi connectivity index (χ2n) is 7.70. The molecular formula is C18H25NO3. The van der Waals surface area contributed by atoms with Crippen molar-refractivity contribution >= 4 is 5.97 Å². The molecule has 0 radical (unpaired) electrons. The largest absolute Gasteiger partial charge is 0.634 e. The molecule has 120 valence electrons. The third-order valence-electron chi connectivity index (χ3n) is 4.96. The lowest BCUT2D eigenvalue weighted by Crippen LogP contribution is -3.08. The molecule has 4 nitrogen and oxygen atoms in total. The molecule has 0 aromatic heterocycles. The van der Waals surface area contributed by atoms with E-state index in [1.165, 1.54) is 5.56 Å². The van der Waals surface area contributed by atoms with Crippen molar-refractivity contribution in [2.75, 3.05) is 13.1 Å². The minimum absolute atomic E-state index is 0.00786. The summed E-state index contributed by atoms with van der Waals surface area (Å²) in [6.07, 6.45) is 2.51.